The summed E-state index contributed by atoms with van der Waals surface area (Å²) in [4.78, 5) is 7.58. The summed E-state index contributed by atoms with van der Waals surface area (Å²) in [6.07, 6.45) is 1.35. The van der Waals surface area contributed by atoms with Crippen molar-refractivity contribution in [2.24, 2.45) is 5.14 Å². The van der Waals surface area contributed by atoms with Crippen LogP contribution in [0.2, 0.25) is 0 Å². The fraction of sp³-hybridized carbons (Fsp3) is 0. The Morgan fingerprint density at radius 3 is 2.54 bits per heavy atom. The molecule has 0 saturated carbocycles. The first-order chi connectivity index (χ1) is 5.88. The number of nitrogens with zero attached hydrogens (tertiary/aromatic N) is 2. The summed E-state index contributed by atoms with van der Waals surface area (Å²) in [5.74, 6) is 0.0469. The lowest BCUT2D eigenvalue weighted by Gasteiger charge is -2.03. The van der Waals surface area contributed by atoms with Gasteiger partial charge >= 0.3 is 0 Å². The average Bonchev–Trinajstić information content (AvgIpc) is 1.93. The number of aromatic nitrogens is 2. The maximum Gasteiger partial charge on any atom is 0.297 e. The molecule has 0 aliphatic carbocycles. The Balaban J connectivity index is 3.04. The second kappa shape index (κ2) is 3.86. The molecule has 0 fully saturated rings. The Labute approximate surface area is 91.4 Å². The summed E-state index contributed by atoms with van der Waals surface area (Å²) in [7, 11) is -3.81. The zero-order valence-corrected chi connectivity index (χ0v) is 10.0. The molecule has 1 aromatic heterocycles. The van der Waals surface area contributed by atoms with Crippen LogP contribution in [0.3, 0.4) is 0 Å². The number of hydrogen-bond acceptors (Lipinski definition) is 4. The Morgan fingerprint density at radius 2 is 2.08 bits per heavy atom. The van der Waals surface area contributed by atoms with Gasteiger partial charge in [-0.3, -0.25) is 4.72 Å². The number of rotatable bonds is 2. The fourth-order valence-electron chi connectivity index (χ4n) is 0.550. The molecule has 0 aromatic carbocycles. The van der Waals surface area contributed by atoms with E-state index in [1.54, 1.807) is 0 Å². The van der Waals surface area contributed by atoms with Crippen molar-refractivity contribution in [3.63, 3.8) is 0 Å². The second-order valence-corrected chi connectivity index (χ2v) is 4.84. The van der Waals surface area contributed by atoms with Crippen LogP contribution in [0.1, 0.15) is 0 Å². The predicted molar refractivity (Wildman–Crippen MR) is 54.2 cm³/mol. The molecule has 72 valence electrons. The van der Waals surface area contributed by atoms with E-state index in [0.29, 0.717) is 4.60 Å². The quantitative estimate of drug-likeness (QED) is 0.829. The van der Waals surface area contributed by atoms with Gasteiger partial charge < -0.3 is 0 Å². The van der Waals surface area contributed by atoms with Crippen LogP contribution < -0.4 is 9.86 Å². The van der Waals surface area contributed by atoms with E-state index in [1.165, 1.54) is 6.20 Å². The number of nitrogens with one attached hydrogen (secondary N) is 1. The lowest BCUT2D eigenvalue weighted by Crippen LogP contribution is -2.22. The van der Waals surface area contributed by atoms with E-state index in [4.69, 9.17) is 5.14 Å². The maximum atomic E-state index is 10.6. The minimum atomic E-state index is -3.81. The van der Waals surface area contributed by atoms with E-state index in [1.807, 2.05) is 4.72 Å². The second-order valence-electron chi connectivity index (χ2n) is 1.98. The summed E-state index contributed by atoms with van der Waals surface area (Å²) < 4.78 is 23.9. The van der Waals surface area contributed by atoms with Crippen LogP contribution in [0.25, 0.3) is 0 Å². The molecule has 0 radical (unpaired) electrons. The van der Waals surface area contributed by atoms with Crippen LogP contribution in [0.5, 0.6) is 0 Å². The van der Waals surface area contributed by atoms with Crippen molar-refractivity contribution in [1.29, 1.82) is 0 Å². The first-order valence-electron chi connectivity index (χ1n) is 2.87. The molecule has 6 nitrogen and oxygen atoms in total. The SMILES string of the molecule is NS(=O)(=O)Nc1ncc(Br)nc1Br. The third kappa shape index (κ3) is 3.55. The summed E-state index contributed by atoms with van der Waals surface area (Å²) in [5, 5.41) is 4.74. The third-order valence-electron chi connectivity index (χ3n) is 0.939. The smallest absolute Gasteiger partial charge is 0.253 e. The molecule has 0 aliphatic heterocycles. The third-order valence-corrected chi connectivity index (χ3v) is 2.35. The summed E-state index contributed by atoms with van der Waals surface area (Å²) in [6.45, 7) is 0. The molecule has 0 unspecified atom stereocenters. The first kappa shape index (κ1) is 10.8. The topological polar surface area (TPSA) is 98.0 Å². The molecule has 3 N–H and O–H groups in total. The van der Waals surface area contributed by atoms with Gasteiger partial charge in [0.05, 0.1) is 6.20 Å². The fourth-order valence-corrected chi connectivity index (χ4v) is 2.01. The molecule has 13 heavy (non-hydrogen) atoms. The van der Waals surface area contributed by atoms with Crippen LogP contribution in [-0.4, -0.2) is 18.4 Å². The van der Waals surface area contributed by atoms with E-state index < -0.39 is 10.2 Å². The summed E-state index contributed by atoms with van der Waals surface area (Å²) >= 11 is 6.08. The van der Waals surface area contributed by atoms with E-state index in [2.05, 4.69) is 41.8 Å². The zero-order valence-electron chi connectivity index (χ0n) is 6.03. The van der Waals surface area contributed by atoms with Gasteiger partial charge in [0.2, 0.25) is 0 Å². The van der Waals surface area contributed by atoms with Crippen molar-refractivity contribution in [1.82, 2.24) is 9.97 Å². The number of hydrogen-bond donors (Lipinski definition) is 2. The number of halogens is 2. The molecule has 0 aliphatic rings. The molecule has 0 bridgehead atoms. The minimum Gasteiger partial charge on any atom is -0.253 e. The average molecular weight is 332 g/mol. The van der Waals surface area contributed by atoms with E-state index in [9.17, 15) is 8.42 Å². The standard InChI is InChI=1S/C4H4Br2N4O2S/c5-2-1-8-4(3(6)9-2)10-13(7,11)12/h1H,(H,8,10)(H2,7,11,12). The highest BCUT2D eigenvalue weighted by atomic mass is 79.9. The van der Waals surface area contributed by atoms with Gasteiger partial charge in [-0.1, -0.05) is 0 Å². The molecule has 0 atom stereocenters. The monoisotopic (exact) mass is 330 g/mol. The summed E-state index contributed by atoms with van der Waals surface area (Å²) in [5.41, 5.74) is 0. The predicted octanol–water partition coefficient (Wildman–Crippen LogP) is 0.617. The largest absolute Gasteiger partial charge is 0.297 e. The molecular formula is C4H4Br2N4O2S. The molecule has 1 aromatic rings. The van der Waals surface area contributed by atoms with Gasteiger partial charge in [-0.05, 0) is 31.9 Å². The van der Waals surface area contributed by atoms with Crippen molar-refractivity contribution in [3.05, 3.63) is 15.4 Å². The van der Waals surface area contributed by atoms with Crippen molar-refractivity contribution >= 4 is 47.9 Å². The Kier molecular flexibility index (Phi) is 3.22. The van der Waals surface area contributed by atoms with Crippen LogP contribution >= 0.6 is 31.9 Å². The summed E-state index contributed by atoms with van der Waals surface area (Å²) in [6, 6.07) is 0. The van der Waals surface area contributed by atoms with Crippen LogP contribution in [-0.2, 0) is 10.2 Å². The Hall–Kier alpha value is -0.250. The molecule has 0 spiro atoms. The lowest BCUT2D eigenvalue weighted by atomic mass is 10.7. The van der Waals surface area contributed by atoms with E-state index in [-0.39, 0.29) is 10.4 Å². The Morgan fingerprint density at radius 1 is 1.46 bits per heavy atom. The number of nitrogens with two attached hydrogens (primary N) is 1. The zero-order chi connectivity index (χ0) is 10.1. The van der Waals surface area contributed by atoms with E-state index >= 15 is 0 Å². The molecule has 1 heterocycles. The molecule has 0 saturated heterocycles. The maximum absolute atomic E-state index is 10.6. The highest BCUT2D eigenvalue weighted by Gasteiger charge is 2.08. The number of anilines is 1. The van der Waals surface area contributed by atoms with Gasteiger partial charge in [0, 0.05) is 0 Å². The molecule has 1 rings (SSSR count). The Bertz CT molecular complexity index is 420. The van der Waals surface area contributed by atoms with Crippen molar-refractivity contribution in [2.45, 2.75) is 0 Å². The van der Waals surface area contributed by atoms with Gasteiger partial charge in [-0.15, -0.1) is 0 Å². The van der Waals surface area contributed by atoms with Crippen molar-refractivity contribution < 1.29 is 8.42 Å². The van der Waals surface area contributed by atoms with Gasteiger partial charge in [0.25, 0.3) is 10.2 Å². The first-order valence-corrected chi connectivity index (χ1v) is 6.00. The molecule has 9 heteroatoms. The lowest BCUT2D eigenvalue weighted by molar-refractivity contribution is 0.602. The molecule has 0 amide bonds. The minimum absolute atomic E-state index is 0.0469. The van der Waals surface area contributed by atoms with Gasteiger partial charge in [-0.2, -0.15) is 8.42 Å². The molecular weight excluding hydrogens is 328 g/mol. The van der Waals surface area contributed by atoms with Crippen molar-refractivity contribution in [2.75, 3.05) is 4.72 Å². The highest BCUT2D eigenvalue weighted by molar-refractivity contribution is 9.11. The van der Waals surface area contributed by atoms with E-state index in [0.717, 1.165) is 0 Å². The van der Waals surface area contributed by atoms with Gasteiger partial charge in [0.15, 0.2) is 10.4 Å². The van der Waals surface area contributed by atoms with Gasteiger partial charge in [0.1, 0.15) is 4.60 Å². The van der Waals surface area contributed by atoms with Crippen LogP contribution in [0.15, 0.2) is 15.4 Å². The van der Waals surface area contributed by atoms with Crippen molar-refractivity contribution in [3.8, 4) is 0 Å². The normalized spacial score (nSPS) is 11.3. The highest BCUT2D eigenvalue weighted by Crippen LogP contribution is 2.19. The van der Waals surface area contributed by atoms with Crippen LogP contribution in [0.4, 0.5) is 5.82 Å². The van der Waals surface area contributed by atoms with Gasteiger partial charge in [-0.25, -0.2) is 15.1 Å². The van der Waals surface area contributed by atoms with Crippen LogP contribution in [0, 0.1) is 0 Å².